The van der Waals surface area contributed by atoms with Gasteiger partial charge in [-0.3, -0.25) is 9.52 Å². The molecule has 2 N–H and O–H groups in total. The summed E-state index contributed by atoms with van der Waals surface area (Å²) in [4.78, 5) is 26.8. The van der Waals surface area contributed by atoms with Gasteiger partial charge in [0.25, 0.3) is 0 Å². The van der Waals surface area contributed by atoms with E-state index in [1.807, 2.05) is 24.3 Å². The molecule has 3 aromatic rings. The van der Waals surface area contributed by atoms with Crippen molar-refractivity contribution in [3.05, 3.63) is 35.7 Å². The highest BCUT2D eigenvalue weighted by Crippen LogP contribution is 2.32. The van der Waals surface area contributed by atoms with Crippen LogP contribution in [0.2, 0.25) is 0 Å². The van der Waals surface area contributed by atoms with Crippen molar-refractivity contribution >= 4 is 56.9 Å². The normalized spacial score (nSPS) is 17.5. The lowest BCUT2D eigenvalue weighted by atomic mass is 10.1. The van der Waals surface area contributed by atoms with Gasteiger partial charge in [0.15, 0.2) is 5.82 Å². The number of morpholine rings is 1. The summed E-state index contributed by atoms with van der Waals surface area (Å²) in [6.07, 6.45) is 2.07. The standard InChI is InChI=1S/C23H28N6O2S2/c1-16(30)24-17-2-4-19(5-3-17)33-27-18-6-9-29(10-7-18)23-25-20-8-15-32-21(20)22(26-23)28-11-13-31-14-12-28/h2-5,8,15,18,27H,6-7,9-14H2,1H3,(H,24,30). The molecule has 2 fully saturated rings. The molecular weight excluding hydrogens is 456 g/mol. The van der Waals surface area contributed by atoms with Gasteiger partial charge in [-0.05, 0) is 60.5 Å². The van der Waals surface area contributed by atoms with Gasteiger partial charge >= 0.3 is 0 Å². The molecule has 0 saturated carbocycles. The molecule has 33 heavy (non-hydrogen) atoms. The molecule has 174 valence electrons. The number of carbonyl (C=O) groups is 1. The monoisotopic (exact) mass is 484 g/mol. The van der Waals surface area contributed by atoms with E-state index >= 15 is 0 Å². The Morgan fingerprint density at radius 3 is 2.55 bits per heavy atom. The second kappa shape index (κ2) is 10.3. The molecule has 1 amide bonds. The fourth-order valence-electron chi connectivity index (χ4n) is 4.13. The molecular formula is C23H28N6O2S2. The smallest absolute Gasteiger partial charge is 0.227 e. The SMILES string of the molecule is CC(=O)Nc1ccc(SNC2CCN(c3nc(N4CCOCC4)c4sccc4n3)CC2)cc1. The molecule has 0 bridgehead atoms. The molecule has 0 atom stereocenters. The third-order valence-electron chi connectivity index (χ3n) is 5.88. The van der Waals surface area contributed by atoms with Crippen molar-refractivity contribution in [2.75, 3.05) is 54.5 Å². The Morgan fingerprint density at radius 1 is 1.06 bits per heavy atom. The van der Waals surface area contributed by atoms with E-state index in [0.717, 1.165) is 84.8 Å². The molecule has 10 heteroatoms. The van der Waals surface area contributed by atoms with Gasteiger partial charge in [-0.15, -0.1) is 11.3 Å². The first-order valence-electron chi connectivity index (χ1n) is 11.3. The molecule has 0 unspecified atom stereocenters. The van der Waals surface area contributed by atoms with Crippen LogP contribution in [0.1, 0.15) is 19.8 Å². The highest BCUT2D eigenvalue weighted by molar-refractivity contribution is 7.97. The number of nitrogens with one attached hydrogen (secondary N) is 2. The van der Waals surface area contributed by atoms with Crippen LogP contribution in [-0.4, -0.2) is 61.3 Å². The Bertz CT molecular complexity index is 1090. The first-order chi connectivity index (χ1) is 16.2. The van der Waals surface area contributed by atoms with Gasteiger partial charge in [0.05, 0.1) is 23.4 Å². The molecule has 2 aliphatic rings. The number of fused-ring (bicyclic) bond motifs is 1. The molecule has 2 aliphatic heterocycles. The first kappa shape index (κ1) is 22.4. The van der Waals surface area contributed by atoms with Crippen LogP contribution in [-0.2, 0) is 9.53 Å². The Balaban J connectivity index is 1.19. The van der Waals surface area contributed by atoms with Crippen LogP contribution >= 0.6 is 23.3 Å². The zero-order chi connectivity index (χ0) is 22.6. The maximum absolute atomic E-state index is 11.2. The predicted octanol–water partition coefficient (Wildman–Crippen LogP) is 3.75. The summed E-state index contributed by atoms with van der Waals surface area (Å²) >= 11 is 3.36. The van der Waals surface area contributed by atoms with Crippen LogP contribution in [0.25, 0.3) is 10.2 Å². The molecule has 2 aromatic heterocycles. The number of thiophene rings is 1. The Hall–Kier alpha value is -2.40. The van der Waals surface area contributed by atoms with E-state index in [1.54, 1.807) is 23.3 Å². The molecule has 0 aliphatic carbocycles. The van der Waals surface area contributed by atoms with Gasteiger partial charge in [-0.25, -0.2) is 4.98 Å². The largest absolute Gasteiger partial charge is 0.378 e. The molecule has 8 nitrogen and oxygen atoms in total. The molecule has 4 heterocycles. The Morgan fingerprint density at radius 2 is 1.82 bits per heavy atom. The summed E-state index contributed by atoms with van der Waals surface area (Å²) in [6.45, 7) is 6.62. The van der Waals surface area contributed by atoms with Gasteiger partial charge in [0.2, 0.25) is 11.9 Å². The van der Waals surface area contributed by atoms with Gasteiger partial charge < -0.3 is 19.9 Å². The van der Waals surface area contributed by atoms with E-state index in [9.17, 15) is 4.79 Å². The van der Waals surface area contributed by atoms with Gasteiger partial charge in [-0.1, -0.05) is 0 Å². The maximum Gasteiger partial charge on any atom is 0.227 e. The number of ether oxygens (including phenoxy) is 1. The summed E-state index contributed by atoms with van der Waals surface area (Å²) in [6, 6.07) is 10.4. The van der Waals surface area contributed by atoms with Crippen molar-refractivity contribution in [1.29, 1.82) is 0 Å². The number of hydrogen-bond donors (Lipinski definition) is 2. The maximum atomic E-state index is 11.2. The highest BCUT2D eigenvalue weighted by atomic mass is 32.2. The topological polar surface area (TPSA) is 82.6 Å². The van der Waals surface area contributed by atoms with Crippen molar-refractivity contribution in [3.63, 3.8) is 0 Å². The van der Waals surface area contributed by atoms with Crippen molar-refractivity contribution in [1.82, 2.24) is 14.7 Å². The number of anilines is 3. The van der Waals surface area contributed by atoms with Crippen LogP contribution in [0.5, 0.6) is 0 Å². The number of benzene rings is 1. The molecule has 2 saturated heterocycles. The molecule has 1 aromatic carbocycles. The minimum atomic E-state index is -0.0560. The lowest BCUT2D eigenvalue weighted by Gasteiger charge is -2.33. The Labute approximate surface area is 201 Å². The number of carbonyl (C=O) groups excluding carboxylic acids is 1. The van der Waals surface area contributed by atoms with Crippen molar-refractivity contribution < 1.29 is 9.53 Å². The van der Waals surface area contributed by atoms with Crippen molar-refractivity contribution in [3.8, 4) is 0 Å². The summed E-state index contributed by atoms with van der Waals surface area (Å²) in [5.41, 5.74) is 1.85. The van der Waals surface area contributed by atoms with Gasteiger partial charge in [0.1, 0.15) is 0 Å². The number of aromatic nitrogens is 2. The van der Waals surface area contributed by atoms with Gasteiger partial charge in [-0.2, -0.15) is 4.98 Å². The summed E-state index contributed by atoms with van der Waals surface area (Å²) in [5.74, 6) is 1.83. The lowest BCUT2D eigenvalue weighted by molar-refractivity contribution is -0.114. The summed E-state index contributed by atoms with van der Waals surface area (Å²) < 4.78 is 10.3. The molecule has 0 radical (unpaired) electrons. The van der Waals surface area contributed by atoms with Crippen LogP contribution < -0.4 is 19.8 Å². The number of piperidine rings is 1. The molecule has 0 spiro atoms. The van der Waals surface area contributed by atoms with E-state index in [1.165, 1.54) is 6.92 Å². The average Bonchev–Trinajstić information content (AvgIpc) is 3.32. The van der Waals surface area contributed by atoms with Crippen molar-refractivity contribution in [2.45, 2.75) is 30.7 Å². The highest BCUT2D eigenvalue weighted by Gasteiger charge is 2.24. The van der Waals surface area contributed by atoms with E-state index in [4.69, 9.17) is 14.7 Å². The van der Waals surface area contributed by atoms with Gasteiger partial charge in [0, 0.05) is 49.7 Å². The quantitative estimate of drug-likeness (QED) is 0.512. The summed E-state index contributed by atoms with van der Waals surface area (Å²) in [7, 11) is 0. The molecule has 5 rings (SSSR count). The zero-order valence-electron chi connectivity index (χ0n) is 18.6. The van der Waals surface area contributed by atoms with Crippen LogP contribution in [0.3, 0.4) is 0 Å². The Kier molecular flexibility index (Phi) is 6.96. The number of hydrogen-bond acceptors (Lipinski definition) is 9. The number of nitrogens with zero attached hydrogens (tertiary/aromatic N) is 4. The van der Waals surface area contributed by atoms with Crippen LogP contribution in [0.15, 0.2) is 40.6 Å². The second-order valence-electron chi connectivity index (χ2n) is 8.27. The van der Waals surface area contributed by atoms with Crippen molar-refractivity contribution in [2.24, 2.45) is 0 Å². The third-order valence-corrected chi connectivity index (χ3v) is 7.74. The second-order valence-corrected chi connectivity index (χ2v) is 10.1. The van der Waals surface area contributed by atoms with Crippen LogP contribution in [0.4, 0.5) is 17.5 Å². The lowest BCUT2D eigenvalue weighted by Crippen LogP contribution is -2.41. The zero-order valence-corrected chi connectivity index (χ0v) is 20.3. The van der Waals surface area contributed by atoms with Crippen LogP contribution in [0, 0.1) is 0 Å². The summed E-state index contributed by atoms with van der Waals surface area (Å²) in [5, 5.41) is 4.90. The third kappa shape index (κ3) is 5.40. The minimum Gasteiger partial charge on any atom is -0.378 e. The number of rotatable bonds is 6. The minimum absolute atomic E-state index is 0.0560. The fraction of sp³-hybridized carbons (Fsp3) is 0.435. The van der Waals surface area contributed by atoms with E-state index in [-0.39, 0.29) is 5.91 Å². The first-order valence-corrected chi connectivity index (χ1v) is 13.0. The van der Waals surface area contributed by atoms with E-state index < -0.39 is 0 Å². The average molecular weight is 485 g/mol. The van der Waals surface area contributed by atoms with E-state index in [2.05, 4.69) is 31.3 Å². The van der Waals surface area contributed by atoms with E-state index in [0.29, 0.717) is 6.04 Å². The predicted molar refractivity (Wildman–Crippen MR) is 135 cm³/mol. The number of amides is 1. The fourth-order valence-corrected chi connectivity index (χ4v) is 5.78.